The summed E-state index contributed by atoms with van der Waals surface area (Å²) in [5.41, 5.74) is 2.47. The van der Waals surface area contributed by atoms with Gasteiger partial charge in [-0.2, -0.15) is 0 Å². The van der Waals surface area contributed by atoms with Gasteiger partial charge in [0.25, 0.3) is 0 Å². The Kier molecular flexibility index (Phi) is 7.69. The van der Waals surface area contributed by atoms with E-state index in [0.717, 1.165) is 18.4 Å². The Morgan fingerprint density at radius 2 is 1.87 bits per heavy atom. The van der Waals surface area contributed by atoms with Crippen molar-refractivity contribution in [3.63, 3.8) is 0 Å². The van der Waals surface area contributed by atoms with E-state index in [0.29, 0.717) is 6.42 Å². The van der Waals surface area contributed by atoms with Gasteiger partial charge in [-0.1, -0.05) is 31.9 Å². The van der Waals surface area contributed by atoms with Crippen LogP contribution in [0.5, 0.6) is 0 Å². The van der Waals surface area contributed by atoms with E-state index in [2.05, 4.69) is 19.9 Å². The quantitative estimate of drug-likeness (QED) is 0.376. The number of allylic oxidation sites excluding steroid dienone is 3. The largest absolute Gasteiger partial charge is 0.435 e. The highest BCUT2D eigenvalue weighted by atomic mass is 16.5. The van der Waals surface area contributed by atoms with Gasteiger partial charge in [0.05, 0.1) is 6.26 Å². The third kappa shape index (κ3) is 7.98. The average molecular weight is 210 g/mol. The number of rotatable bonds is 6. The molecule has 2 heteroatoms. The maximum Gasteiger partial charge on any atom is 0.310 e. The van der Waals surface area contributed by atoms with Crippen LogP contribution in [0.1, 0.15) is 53.4 Å². The lowest BCUT2D eigenvalue weighted by atomic mass is 10.1. The first kappa shape index (κ1) is 13.9. The van der Waals surface area contributed by atoms with Gasteiger partial charge in [0.2, 0.25) is 0 Å². The Hall–Kier alpha value is -1.05. The predicted molar refractivity (Wildman–Crippen MR) is 63.4 cm³/mol. The second-order valence-corrected chi connectivity index (χ2v) is 3.81. The van der Waals surface area contributed by atoms with Crippen molar-refractivity contribution in [1.29, 1.82) is 0 Å². The molecule has 0 saturated heterocycles. The van der Waals surface area contributed by atoms with E-state index in [1.165, 1.54) is 12.0 Å². The lowest BCUT2D eigenvalue weighted by Gasteiger charge is -2.00. The van der Waals surface area contributed by atoms with Gasteiger partial charge >= 0.3 is 5.97 Å². The second-order valence-electron chi connectivity index (χ2n) is 3.81. The highest BCUT2D eigenvalue weighted by molar-refractivity contribution is 5.69. The molecule has 0 aromatic carbocycles. The maximum atomic E-state index is 10.9. The minimum atomic E-state index is -0.177. The summed E-state index contributed by atoms with van der Waals surface area (Å²) in [6.45, 7) is 8.06. The predicted octanol–water partition coefficient (Wildman–Crippen LogP) is 3.98. The summed E-state index contributed by atoms with van der Waals surface area (Å²) in [6.07, 6.45) is 7.35. The molecular formula is C13H22O2. The van der Waals surface area contributed by atoms with Crippen molar-refractivity contribution >= 4 is 5.97 Å². The van der Waals surface area contributed by atoms with Crippen LogP contribution in [0.3, 0.4) is 0 Å². The van der Waals surface area contributed by atoms with Crippen molar-refractivity contribution in [2.45, 2.75) is 53.4 Å². The van der Waals surface area contributed by atoms with E-state index >= 15 is 0 Å². The lowest BCUT2D eigenvalue weighted by Crippen LogP contribution is -1.96. The van der Waals surface area contributed by atoms with Crippen LogP contribution >= 0.6 is 0 Å². The molecular weight excluding hydrogens is 188 g/mol. The van der Waals surface area contributed by atoms with Crippen molar-refractivity contribution in [2.24, 2.45) is 0 Å². The summed E-state index contributed by atoms with van der Waals surface area (Å²) < 4.78 is 4.91. The van der Waals surface area contributed by atoms with Crippen LogP contribution in [-0.2, 0) is 9.53 Å². The molecule has 0 spiro atoms. The second kappa shape index (κ2) is 8.27. The van der Waals surface area contributed by atoms with Gasteiger partial charge in [-0.25, -0.2) is 0 Å². The summed E-state index contributed by atoms with van der Waals surface area (Å²) >= 11 is 0. The first-order chi connectivity index (χ1) is 7.10. The molecule has 0 aliphatic carbocycles. The molecule has 0 atom stereocenters. The van der Waals surface area contributed by atoms with E-state index in [-0.39, 0.29) is 5.97 Å². The molecule has 0 fully saturated rings. The Morgan fingerprint density at radius 1 is 1.20 bits per heavy atom. The fourth-order valence-electron chi connectivity index (χ4n) is 1.13. The summed E-state index contributed by atoms with van der Waals surface area (Å²) in [5.74, 6) is -0.177. The van der Waals surface area contributed by atoms with Gasteiger partial charge in [-0.3, -0.25) is 4.79 Å². The number of hydrogen-bond acceptors (Lipinski definition) is 2. The van der Waals surface area contributed by atoms with Crippen LogP contribution in [0.15, 0.2) is 23.5 Å². The van der Waals surface area contributed by atoms with Crippen LogP contribution < -0.4 is 0 Å². The number of carbonyl (C=O) groups excluding carboxylic acids is 1. The third-order valence-electron chi connectivity index (χ3n) is 2.10. The molecule has 0 amide bonds. The molecule has 0 aromatic heterocycles. The van der Waals surface area contributed by atoms with Crippen molar-refractivity contribution < 1.29 is 9.53 Å². The normalized spacial score (nSPS) is 12.8. The van der Waals surface area contributed by atoms with Crippen LogP contribution in [0, 0.1) is 0 Å². The molecule has 0 aliphatic heterocycles. The molecule has 0 N–H and O–H groups in total. The fourth-order valence-corrected chi connectivity index (χ4v) is 1.13. The molecule has 15 heavy (non-hydrogen) atoms. The van der Waals surface area contributed by atoms with Crippen LogP contribution in [0.4, 0.5) is 0 Å². The molecule has 0 radical (unpaired) electrons. The zero-order valence-corrected chi connectivity index (χ0v) is 10.3. The highest BCUT2D eigenvalue weighted by Crippen LogP contribution is 2.09. The first-order valence-electron chi connectivity index (χ1n) is 5.60. The smallest absolute Gasteiger partial charge is 0.310 e. The molecule has 0 heterocycles. The minimum Gasteiger partial charge on any atom is -0.435 e. The average Bonchev–Trinajstić information content (AvgIpc) is 2.23. The van der Waals surface area contributed by atoms with E-state index in [1.807, 2.05) is 6.92 Å². The van der Waals surface area contributed by atoms with Gasteiger partial charge in [-0.05, 0) is 32.3 Å². The lowest BCUT2D eigenvalue weighted by molar-refractivity contribution is -0.137. The van der Waals surface area contributed by atoms with E-state index in [1.54, 1.807) is 13.2 Å². The summed E-state index contributed by atoms with van der Waals surface area (Å²) in [4.78, 5) is 10.9. The SMILES string of the molecule is CCC/C(C)=C/C/C(C)=C/OC(=O)CC. The molecule has 86 valence electrons. The van der Waals surface area contributed by atoms with E-state index < -0.39 is 0 Å². The van der Waals surface area contributed by atoms with E-state index in [9.17, 15) is 4.79 Å². The monoisotopic (exact) mass is 210 g/mol. The summed E-state index contributed by atoms with van der Waals surface area (Å²) in [5, 5.41) is 0. The zero-order valence-electron chi connectivity index (χ0n) is 10.3. The molecule has 0 bridgehead atoms. The van der Waals surface area contributed by atoms with Gasteiger partial charge in [0.1, 0.15) is 0 Å². The number of ether oxygens (including phenoxy) is 1. The number of esters is 1. The van der Waals surface area contributed by atoms with Crippen LogP contribution in [-0.4, -0.2) is 5.97 Å². The van der Waals surface area contributed by atoms with Gasteiger partial charge in [-0.15, -0.1) is 0 Å². The van der Waals surface area contributed by atoms with Gasteiger partial charge in [0, 0.05) is 6.42 Å². The topological polar surface area (TPSA) is 26.3 Å². The van der Waals surface area contributed by atoms with Gasteiger partial charge < -0.3 is 4.74 Å². The van der Waals surface area contributed by atoms with Crippen molar-refractivity contribution in [3.8, 4) is 0 Å². The molecule has 0 aromatic rings. The highest BCUT2D eigenvalue weighted by Gasteiger charge is 1.95. The standard InChI is InChI=1S/C13H22O2/c1-5-7-11(3)8-9-12(4)10-15-13(14)6-2/h8,10H,5-7,9H2,1-4H3/b11-8+,12-10+. The molecule has 0 saturated carbocycles. The Balaban J connectivity index is 3.96. The molecule has 0 aliphatic rings. The number of hydrogen-bond donors (Lipinski definition) is 0. The maximum absolute atomic E-state index is 10.9. The fraction of sp³-hybridized carbons (Fsp3) is 0.615. The van der Waals surface area contributed by atoms with Crippen molar-refractivity contribution in [2.75, 3.05) is 0 Å². The Labute approximate surface area is 93.0 Å². The Bertz CT molecular complexity index is 249. The van der Waals surface area contributed by atoms with Crippen molar-refractivity contribution in [1.82, 2.24) is 0 Å². The summed E-state index contributed by atoms with van der Waals surface area (Å²) in [6, 6.07) is 0. The van der Waals surface area contributed by atoms with Crippen LogP contribution in [0.25, 0.3) is 0 Å². The Morgan fingerprint density at radius 3 is 2.40 bits per heavy atom. The number of carbonyl (C=O) groups is 1. The van der Waals surface area contributed by atoms with Crippen molar-refractivity contribution in [3.05, 3.63) is 23.5 Å². The first-order valence-corrected chi connectivity index (χ1v) is 5.60. The van der Waals surface area contributed by atoms with Crippen LogP contribution in [0.2, 0.25) is 0 Å². The molecule has 0 unspecified atom stereocenters. The zero-order chi connectivity index (χ0) is 11.7. The third-order valence-corrected chi connectivity index (χ3v) is 2.10. The molecule has 2 nitrogen and oxygen atoms in total. The minimum absolute atomic E-state index is 0.177. The summed E-state index contributed by atoms with van der Waals surface area (Å²) in [7, 11) is 0. The van der Waals surface area contributed by atoms with Gasteiger partial charge in [0.15, 0.2) is 0 Å². The molecule has 0 rings (SSSR count). The van der Waals surface area contributed by atoms with E-state index in [4.69, 9.17) is 4.74 Å².